The molecule has 0 radical (unpaired) electrons. The first kappa shape index (κ1) is 44.5. The molecule has 0 saturated carbocycles. The Morgan fingerprint density at radius 2 is 0.952 bits per heavy atom. The number of para-hydroxylation sites is 1. The number of aromatic nitrogens is 4. The Balaban J connectivity index is 0.000000189. The minimum atomic E-state index is -0.161. The fraction of sp³-hybridized carbons (Fsp3) is 0.320. The highest BCUT2D eigenvalue weighted by molar-refractivity contribution is 6.31. The second kappa shape index (κ2) is 20.6. The highest BCUT2D eigenvalue weighted by Gasteiger charge is 2.28. The number of hydrogen-bond donors (Lipinski definition) is 2. The maximum absolute atomic E-state index is 12.8. The molecule has 2 fully saturated rings. The summed E-state index contributed by atoms with van der Waals surface area (Å²) in [6, 6.07) is 36.0. The van der Waals surface area contributed by atoms with Crippen molar-refractivity contribution in [1.29, 1.82) is 0 Å². The number of likely N-dealkylation sites (tertiary alicyclic amines) is 2. The van der Waals surface area contributed by atoms with Crippen LogP contribution in [0, 0.1) is 27.7 Å². The minimum Gasteiger partial charge on any atom is -0.341 e. The van der Waals surface area contributed by atoms with E-state index < -0.39 is 0 Å². The Kier molecular flexibility index (Phi) is 14.5. The quantitative estimate of drug-likeness (QED) is 0.141. The summed E-state index contributed by atoms with van der Waals surface area (Å²) in [5, 5.41) is 15.5. The van der Waals surface area contributed by atoms with Crippen molar-refractivity contribution >= 4 is 46.6 Å². The number of hydrogen-bond acceptors (Lipinski definition) is 6. The van der Waals surface area contributed by atoms with E-state index in [1.54, 1.807) is 27.6 Å². The van der Waals surface area contributed by atoms with Gasteiger partial charge in [0.15, 0.2) is 0 Å². The SMILES string of the molecule is Cc1cc(C)n(CC(=O)N2CCC(c3ccc(Cl)cc3NC(=O)c3ccccc3)CC2)n1.Cc1cc(C)n(CC(=O)N2CCC(c3ccccc3NC(=O)c3ccccc3)CC2)n1. The van der Waals surface area contributed by atoms with Gasteiger partial charge in [0.1, 0.15) is 13.1 Å². The number of halogens is 1. The second-order valence-electron chi connectivity index (χ2n) is 16.4. The second-order valence-corrected chi connectivity index (χ2v) is 16.9. The first-order chi connectivity index (χ1) is 30.4. The van der Waals surface area contributed by atoms with Crippen LogP contribution >= 0.6 is 11.6 Å². The number of benzene rings is 4. The molecule has 4 amide bonds. The zero-order valence-electron chi connectivity index (χ0n) is 36.4. The van der Waals surface area contributed by atoms with Crippen molar-refractivity contribution in [2.24, 2.45) is 0 Å². The number of amides is 4. The first-order valence-electron chi connectivity index (χ1n) is 21.6. The lowest BCUT2D eigenvalue weighted by Crippen LogP contribution is -2.40. The van der Waals surface area contributed by atoms with Gasteiger partial charge in [0.2, 0.25) is 11.8 Å². The van der Waals surface area contributed by atoms with Gasteiger partial charge >= 0.3 is 0 Å². The van der Waals surface area contributed by atoms with Crippen LogP contribution in [0.1, 0.15) is 92.1 Å². The van der Waals surface area contributed by atoms with Gasteiger partial charge < -0.3 is 20.4 Å². The van der Waals surface area contributed by atoms with Gasteiger partial charge in [-0.2, -0.15) is 10.2 Å². The molecule has 4 aromatic carbocycles. The maximum Gasteiger partial charge on any atom is 0.255 e. The smallest absolute Gasteiger partial charge is 0.255 e. The molecule has 2 saturated heterocycles. The monoisotopic (exact) mass is 866 g/mol. The van der Waals surface area contributed by atoms with Crippen molar-refractivity contribution in [2.45, 2.75) is 78.3 Å². The summed E-state index contributed by atoms with van der Waals surface area (Å²) in [7, 11) is 0. The van der Waals surface area contributed by atoms with E-state index in [1.807, 2.05) is 128 Å². The summed E-state index contributed by atoms with van der Waals surface area (Å²) in [6.45, 7) is 11.1. The average Bonchev–Trinajstić information content (AvgIpc) is 3.79. The highest BCUT2D eigenvalue weighted by Crippen LogP contribution is 2.36. The number of carbonyl (C=O) groups excluding carboxylic acids is 4. The minimum absolute atomic E-state index is 0.0864. The summed E-state index contributed by atoms with van der Waals surface area (Å²) in [6.07, 6.45) is 3.42. The molecule has 8 rings (SSSR count). The van der Waals surface area contributed by atoms with Crippen molar-refractivity contribution in [3.63, 3.8) is 0 Å². The van der Waals surface area contributed by atoms with Gasteiger partial charge in [-0.05, 0) is 131 Å². The lowest BCUT2D eigenvalue weighted by atomic mass is 9.88. The van der Waals surface area contributed by atoms with Crippen molar-refractivity contribution in [1.82, 2.24) is 29.4 Å². The summed E-state index contributed by atoms with van der Waals surface area (Å²) in [5.41, 5.74) is 8.86. The summed E-state index contributed by atoms with van der Waals surface area (Å²) < 4.78 is 3.54. The van der Waals surface area contributed by atoms with Crippen LogP contribution in [0.2, 0.25) is 5.02 Å². The van der Waals surface area contributed by atoms with Crippen molar-refractivity contribution in [3.8, 4) is 0 Å². The van der Waals surface area contributed by atoms with Crippen LogP contribution in [0.4, 0.5) is 11.4 Å². The predicted octanol–water partition coefficient (Wildman–Crippen LogP) is 8.97. The standard InChI is InChI=1S/C25H27ClN4O2.C25H28N4O2/c1-17-14-18(2)30(28-17)16-24(31)29-12-10-19(11-13-29)22-9-8-21(26)15-23(22)27-25(32)20-6-4-3-5-7-20;1-18-16-19(2)29(27-18)17-24(30)28-14-12-20(13-15-28)22-10-6-7-11-23(22)26-25(31)21-8-4-3-5-9-21/h3-9,14-15,19H,10-13,16H2,1-2H3,(H,27,32);3-11,16,20H,12-15,17H2,1-2H3,(H,26,31). The molecule has 2 aromatic heterocycles. The third kappa shape index (κ3) is 11.5. The van der Waals surface area contributed by atoms with Gasteiger partial charge in [-0.3, -0.25) is 28.5 Å². The van der Waals surface area contributed by atoms with E-state index in [-0.39, 0.29) is 42.6 Å². The Labute approximate surface area is 374 Å². The topological polar surface area (TPSA) is 134 Å². The first-order valence-corrected chi connectivity index (χ1v) is 22.0. The van der Waals surface area contributed by atoms with Crippen LogP contribution in [-0.4, -0.2) is 79.2 Å². The lowest BCUT2D eigenvalue weighted by molar-refractivity contribution is -0.133. The Bertz CT molecular complexity index is 2540. The molecule has 0 bridgehead atoms. The van der Waals surface area contributed by atoms with E-state index in [0.29, 0.717) is 48.2 Å². The Morgan fingerprint density at radius 1 is 0.540 bits per heavy atom. The van der Waals surface area contributed by atoms with Crippen LogP contribution in [0.3, 0.4) is 0 Å². The number of aryl methyl sites for hydroxylation is 4. The van der Waals surface area contributed by atoms with Crippen LogP contribution in [0.25, 0.3) is 0 Å². The van der Waals surface area contributed by atoms with Gasteiger partial charge in [-0.1, -0.05) is 72.3 Å². The van der Waals surface area contributed by atoms with Gasteiger partial charge in [0.25, 0.3) is 11.8 Å². The molecule has 0 unspecified atom stereocenters. The molecule has 2 N–H and O–H groups in total. The van der Waals surface area contributed by atoms with Crippen molar-refractivity contribution in [3.05, 3.63) is 165 Å². The molecule has 63 heavy (non-hydrogen) atoms. The molecular formula is C50H55ClN8O4. The molecule has 0 aliphatic carbocycles. The molecule has 0 spiro atoms. The van der Waals surface area contributed by atoms with Gasteiger partial charge in [-0.15, -0.1) is 0 Å². The van der Waals surface area contributed by atoms with E-state index >= 15 is 0 Å². The lowest BCUT2D eigenvalue weighted by Gasteiger charge is -2.33. The fourth-order valence-corrected chi connectivity index (χ4v) is 8.71. The summed E-state index contributed by atoms with van der Waals surface area (Å²) >= 11 is 6.23. The molecule has 6 aromatic rings. The van der Waals surface area contributed by atoms with E-state index in [0.717, 1.165) is 71.0 Å². The molecule has 2 aliphatic heterocycles. The molecular weight excluding hydrogens is 812 g/mol. The average molecular weight is 867 g/mol. The molecule has 12 nitrogen and oxygen atoms in total. The number of anilines is 2. The molecule has 2 aliphatic rings. The largest absolute Gasteiger partial charge is 0.341 e. The maximum atomic E-state index is 12.8. The summed E-state index contributed by atoms with van der Waals surface area (Å²) in [5.74, 6) is 0.483. The number of carbonyl (C=O) groups is 4. The van der Waals surface area contributed by atoms with E-state index in [2.05, 4.69) is 26.9 Å². The van der Waals surface area contributed by atoms with Gasteiger partial charge in [0.05, 0.1) is 11.4 Å². The Morgan fingerprint density at radius 3 is 1.40 bits per heavy atom. The molecule has 326 valence electrons. The normalized spacial score (nSPS) is 14.4. The molecule has 13 heteroatoms. The van der Waals surface area contributed by atoms with Crippen LogP contribution in [0.5, 0.6) is 0 Å². The number of nitrogens with one attached hydrogen (secondary N) is 2. The van der Waals surface area contributed by atoms with E-state index in [9.17, 15) is 19.2 Å². The Hall–Kier alpha value is -6.53. The van der Waals surface area contributed by atoms with Crippen LogP contribution in [-0.2, 0) is 22.7 Å². The van der Waals surface area contributed by atoms with E-state index in [1.165, 1.54) is 0 Å². The van der Waals surface area contributed by atoms with Crippen LogP contribution in [0.15, 0.2) is 115 Å². The third-order valence-corrected chi connectivity index (χ3v) is 12.1. The van der Waals surface area contributed by atoms with Crippen molar-refractivity contribution in [2.75, 3.05) is 36.8 Å². The number of piperidine rings is 2. The third-order valence-electron chi connectivity index (χ3n) is 11.9. The zero-order valence-corrected chi connectivity index (χ0v) is 37.1. The zero-order chi connectivity index (χ0) is 44.5. The molecule has 0 atom stereocenters. The van der Waals surface area contributed by atoms with Gasteiger partial charge in [-0.25, -0.2) is 0 Å². The number of nitrogens with zero attached hydrogens (tertiary/aromatic N) is 6. The van der Waals surface area contributed by atoms with E-state index in [4.69, 9.17) is 11.6 Å². The predicted molar refractivity (Wildman–Crippen MR) is 247 cm³/mol. The summed E-state index contributed by atoms with van der Waals surface area (Å²) in [4.78, 5) is 54.7. The van der Waals surface area contributed by atoms with Crippen molar-refractivity contribution < 1.29 is 19.2 Å². The molecule has 4 heterocycles. The van der Waals surface area contributed by atoms with Crippen LogP contribution < -0.4 is 10.6 Å². The van der Waals surface area contributed by atoms with Gasteiger partial charge in [0, 0.05) is 65.1 Å². The highest BCUT2D eigenvalue weighted by atomic mass is 35.5. The number of rotatable bonds is 10. The fourth-order valence-electron chi connectivity index (χ4n) is 8.53.